The van der Waals surface area contributed by atoms with Crippen LogP contribution in [-0.4, -0.2) is 26.9 Å². The maximum Gasteiger partial charge on any atom is 0.337 e. The second kappa shape index (κ2) is 3.99. The fourth-order valence-corrected chi connectivity index (χ4v) is 1.47. The third-order valence-electron chi connectivity index (χ3n) is 2.28. The molecule has 1 aromatic heterocycles. The van der Waals surface area contributed by atoms with Crippen LogP contribution in [0.15, 0.2) is 22.6 Å². The summed E-state index contributed by atoms with van der Waals surface area (Å²) < 4.78 is 5.14. The summed E-state index contributed by atoms with van der Waals surface area (Å²) in [7, 11) is 0. The predicted octanol–water partition coefficient (Wildman–Crippen LogP) is 1.15. The number of hydrogen-bond acceptors (Lipinski definition) is 5. The molecular weight excluding hydrogens is 226 g/mol. The maximum atomic E-state index is 11.1. The number of hydrogen-bond donors (Lipinski definition) is 2. The van der Waals surface area contributed by atoms with Crippen molar-refractivity contribution in [2.45, 2.75) is 13.0 Å². The Bertz CT molecular complexity index is 601. The average Bonchev–Trinajstić information content (AvgIpc) is 2.71. The third kappa shape index (κ3) is 1.90. The number of nitrogens with zero attached hydrogens (tertiary/aromatic N) is 1. The number of carbonyl (C=O) groups excluding carboxylic acids is 1. The fourth-order valence-electron chi connectivity index (χ4n) is 1.47. The molecule has 88 valence electrons. The lowest BCUT2D eigenvalue weighted by molar-refractivity contribution is -0.146. The minimum Gasteiger partial charge on any atom is -0.479 e. The molecule has 0 spiro atoms. The highest BCUT2D eigenvalue weighted by Gasteiger charge is 2.22. The minimum atomic E-state index is -1.69. The van der Waals surface area contributed by atoms with Crippen molar-refractivity contribution in [3.8, 4) is 0 Å². The first-order chi connectivity index (χ1) is 8.00. The highest BCUT2D eigenvalue weighted by Crippen LogP contribution is 2.25. The van der Waals surface area contributed by atoms with E-state index in [0.717, 1.165) is 0 Å². The molecule has 0 aliphatic heterocycles. The summed E-state index contributed by atoms with van der Waals surface area (Å²) in [5.41, 5.74) is 0.562. The summed E-state index contributed by atoms with van der Waals surface area (Å²) in [6.07, 6.45) is -1.69. The molecule has 0 bridgehead atoms. The lowest BCUT2D eigenvalue weighted by Crippen LogP contribution is -2.10. The van der Waals surface area contributed by atoms with E-state index in [1.54, 1.807) is 6.07 Å². The Morgan fingerprint density at radius 1 is 1.41 bits per heavy atom. The van der Waals surface area contributed by atoms with Crippen molar-refractivity contribution in [2.75, 3.05) is 0 Å². The van der Waals surface area contributed by atoms with Crippen LogP contribution in [0.3, 0.4) is 0 Å². The number of aliphatic hydroxyl groups is 1. The van der Waals surface area contributed by atoms with Gasteiger partial charge in [-0.3, -0.25) is 4.79 Å². The Morgan fingerprint density at radius 3 is 2.71 bits per heavy atom. The Hall–Kier alpha value is -2.21. The second-order valence-corrected chi connectivity index (χ2v) is 3.51. The number of Topliss-reactive ketones (excluding diaryl/α,β-unsaturated/α-hetero) is 1. The van der Waals surface area contributed by atoms with Gasteiger partial charge in [0.1, 0.15) is 5.52 Å². The molecule has 1 unspecified atom stereocenters. The maximum absolute atomic E-state index is 11.1. The Balaban J connectivity index is 2.64. The number of carboxylic acids is 1. The van der Waals surface area contributed by atoms with Crippen LogP contribution in [-0.2, 0) is 4.79 Å². The van der Waals surface area contributed by atoms with Crippen molar-refractivity contribution in [3.63, 3.8) is 0 Å². The number of aromatic nitrogens is 1. The molecule has 0 saturated heterocycles. The van der Waals surface area contributed by atoms with Gasteiger partial charge in [0.05, 0.1) is 0 Å². The first kappa shape index (κ1) is 11.3. The van der Waals surface area contributed by atoms with Crippen molar-refractivity contribution < 1.29 is 24.2 Å². The molecule has 1 aromatic carbocycles. The summed E-state index contributed by atoms with van der Waals surface area (Å²) >= 11 is 0. The second-order valence-electron chi connectivity index (χ2n) is 3.51. The van der Waals surface area contributed by atoms with E-state index in [1.807, 2.05) is 0 Å². The molecule has 0 aliphatic carbocycles. The van der Waals surface area contributed by atoms with E-state index in [2.05, 4.69) is 4.98 Å². The van der Waals surface area contributed by atoms with Crippen LogP contribution >= 0.6 is 0 Å². The summed E-state index contributed by atoms with van der Waals surface area (Å²) in [4.78, 5) is 25.7. The standard InChI is InChI=1S/C11H9NO5/c1-5(13)10-12-8-6(9(14)11(15)16)3-2-4-7(8)17-10/h2-4,9,14H,1H3,(H,15,16). The number of oxazole rings is 1. The van der Waals surface area contributed by atoms with Crippen molar-refractivity contribution >= 4 is 22.9 Å². The van der Waals surface area contributed by atoms with E-state index in [0.29, 0.717) is 0 Å². The van der Waals surface area contributed by atoms with E-state index in [1.165, 1.54) is 19.1 Å². The zero-order valence-corrected chi connectivity index (χ0v) is 8.88. The quantitative estimate of drug-likeness (QED) is 0.774. The number of aliphatic hydroxyl groups excluding tert-OH is 1. The van der Waals surface area contributed by atoms with Gasteiger partial charge in [-0.1, -0.05) is 12.1 Å². The molecule has 0 aliphatic rings. The molecule has 0 radical (unpaired) electrons. The number of aliphatic carboxylic acids is 1. The topological polar surface area (TPSA) is 101 Å². The highest BCUT2D eigenvalue weighted by molar-refractivity contribution is 5.93. The van der Waals surface area contributed by atoms with Crippen molar-refractivity contribution in [1.29, 1.82) is 0 Å². The van der Waals surface area contributed by atoms with E-state index in [4.69, 9.17) is 9.52 Å². The van der Waals surface area contributed by atoms with Gasteiger partial charge in [-0.25, -0.2) is 9.78 Å². The largest absolute Gasteiger partial charge is 0.479 e. The molecule has 0 fully saturated rings. The lowest BCUT2D eigenvalue weighted by atomic mass is 10.1. The van der Waals surface area contributed by atoms with Gasteiger partial charge in [-0.15, -0.1) is 0 Å². The normalized spacial score (nSPS) is 12.6. The molecule has 6 nitrogen and oxygen atoms in total. The third-order valence-corrected chi connectivity index (χ3v) is 2.28. The van der Waals surface area contributed by atoms with Crippen LogP contribution in [0.2, 0.25) is 0 Å². The summed E-state index contributed by atoms with van der Waals surface area (Å²) in [5, 5.41) is 18.2. The highest BCUT2D eigenvalue weighted by atomic mass is 16.4. The Kier molecular flexibility index (Phi) is 2.64. The smallest absolute Gasteiger partial charge is 0.337 e. The van der Waals surface area contributed by atoms with E-state index < -0.39 is 12.1 Å². The molecule has 2 rings (SSSR count). The van der Waals surface area contributed by atoms with E-state index >= 15 is 0 Å². The molecule has 1 atom stereocenters. The van der Waals surface area contributed by atoms with E-state index in [-0.39, 0.29) is 28.3 Å². The zero-order valence-electron chi connectivity index (χ0n) is 8.88. The molecule has 17 heavy (non-hydrogen) atoms. The number of carbonyl (C=O) groups is 2. The zero-order chi connectivity index (χ0) is 12.6. The van der Waals surface area contributed by atoms with Crippen LogP contribution in [0.1, 0.15) is 29.3 Å². The molecule has 1 heterocycles. The van der Waals surface area contributed by atoms with Crippen LogP contribution < -0.4 is 0 Å². The van der Waals surface area contributed by atoms with Crippen molar-refractivity contribution in [3.05, 3.63) is 29.7 Å². The first-order valence-corrected chi connectivity index (χ1v) is 4.82. The molecule has 0 amide bonds. The number of para-hydroxylation sites is 1. The van der Waals surface area contributed by atoms with E-state index in [9.17, 15) is 14.7 Å². The van der Waals surface area contributed by atoms with Crippen LogP contribution in [0, 0.1) is 0 Å². The van der Waals surface area contributed by atoms with Crippen LogP contribution in [0.5, 0.6) is 0 Å². The summed E-state index contributed by atoms with van der Waals surface area (Å²) in [6, 6.07) is 4.50. The monoisotopic (exact) mass is 235 g/mol. The molecular formula is C11H9NO5. The number of carboxylic acid groups (broad SMARTS) is 1. The molecule has 6 heteroatoms. The molecule has 0 saturated carbocycles. The van der Waals surface area contributed by atoms with Gasteiger partial charge >= 0.3 is 5.97 Å². The number of rotatable bonds is 3. The van der Waals surface area contributed by atoms with Crippen LogP contribution in [0.25, 0.3) is 11.1 Å². The van der Waals surface area contributed by atoms with Gasteiger partial charge < -0.3 is 14.6 Å². The molecule has 2 N–H and O–H groups in total. The number of benzene rings is 1. The van der Waals surface area contributed by atoms with Crippen molar-refractivity contribution in [1.82, 2.24) is 4.98 Å². The van der Waals surface area contributed by atoms with Gasteiger partial charge in [0.2, 0.25) is 5.78 Å². The van der Waals surface area contributed by atoms with Gasteiger partial charge in [0, 0.05) is 12.5 Å². The minimum absolute atomic E-state index is 0.103. The van der Waals surface area contributed by atoms with Gasteiger partial charge in [-0.2, -0.15) is 0 Å². The predicted molar refractivity (Wildman–Crippen MR) is 56.6 cm³/mol. The molecule has 2 aromatic rings. The van der Waals surface area contributed by atoms with Crippen molar-refractivity contribution in [2.24, 2.45) is 0 Å². The van der Waals surface area contributed by atoms with Gasteiger partial charge in [0.25, 0.3) is 5.89 Å². The fraction of sp³-hybridized carbons (Fsp3) is 0.182. The Morgan fingerprint density at radius 2 is 2.12 bits per heavy atom. The summed E-state index contributed by atoms with van der Waals surface area (Å²) in [6.45, 7) is 1.29. The lowest BCUT2D eigenvalue weighted by Gasteiger charge is -2.04. The van der Waals surface area contributed by atoms with Gasteiger partial charge in [0.15, 0.2) is 11.7 Å². The average molecular weight is 235 g/mol. The number of fused-ring (bicyclic) bond motifs is 1. The number of ketones is 1. The SMILES string of the molecule is CC(=O)c1nc2c(C(O)C(=O)O)cccc2o1. The summed E-state index contributed by atoms with van der Waals surface area (Å²) in [5.74, 6) is -1.85. The van der Waals surface area contributed by atoms with Crippen LogP contribution in [0.4, 0.5) is 0 Å². The Labute approximate surface area is 95.5 Å². The first-order valence-electron chi connectivity index (χ1n) is 4.82. The van der Waals surface area contributed by atoms with Gasteiger partial charge in [-0.05, 0) is 6.07 Å².